The van der Waals surface area contributed by atoms with Crippen LogP contribution >= 0.6 is 0 Å². The van der Waals surface area contributed by atoms with E-state index in [0.29, 0.717) is 18.8 Å². The number of nitrogens with zero attached hydrogens (tertiary/aromatic N) is 1. The van der Waals surface area contributed by atoms with Gasteiger partial charge in [-0.15, -0.1) is 0 Å². The number of carbonyl (C=O) groups is 3. The third-order valence-electron chi connectivity index (χ3n) is 4.79. The zero-order valence-corrected chi connectivity index (χ0v) is 14.7. The molecule has 1 saturated carbocycles. The molecule has 0 radical (unpaired) electrons. The van der Waals surface area contributed by atoms with Crippen LogP contribution in [0.5, 0.6) is 5.75 Å². The van der Waals surface area contributed by atoms with Gasteiger partial charge in [0.1, 0.15) is 25.0 Å². The maximum absolute atomic E-state index is 12.5. The Labute approximate surface area is 152 Å². The fourth-order valence-corrected chi connectivity index (χ4v) is 3.12. The van der Waals surface area contributed by atoms with Crippen LogP contribution in [-0.4, -0.2) is 55.0 Å². The molecular formula is C19H24N2O5. The Morgan fingerprint density at radius 2 is 1.92 bits per heavy atom. The van der Waals surface area contributed by atoms with Gasteiger partial charge in [0.25, 0.3) is 0 Å². The lowest BCUT2D eigenvalue weighted by Gasteiger charge is -2.38. The highest BCUT2D eigenvalue weighted by Gasteiger charge is 2.39. The molecule has 2 fully saturated rings. The summed E-state index contributed by atoms with van der Waals surface area (Å²) in [7, 11) is 0. The zero-order chi connectivity index (χ0) is 18.4. The topological polar surface area (TPSA) is 84.9 Å². The second-order valence-electron chi connectivity index (χ2n) is 6.55. The van der Waals surface area contributed by atoms with Gasteiger partial charge in [-0.05, 0) is 25.0 Å². The van der Waals surface area contributed by atoms with Crippen molar-refractivity contribution >= 4 is 17.8 Å². The second kappa shape index (κ2) is 8.69. The molecule has 1 saturated heterocycles. The quantitative estimate of drug-likeness (QED) is 0.582. The average Bonchev–Trinajstić information content (AvgIpc) is 2.60. The number of rotatable bonds is 7. The molecule has 1 atom stereocenters. The largest absolute Gasteiger partial charge is 0.490 e. The van der Waals surface area contributed by atoms with E-state index in [9.17, 15) is 14.4 Å². The predicted molar refractivity (Wildman–Crippen MR) is 93.4 cm³/mol. The lowest BCUT2D eigenvalue weighted by atomic mass is 9.83. The highest BCUT2D eigenvalue weighted by Crippen LogP contribution is 2.29. The van der Waals surface area contributed by atoms with Crippen LogP contribution in [0.3, 0.4) is 0 Å². The van der Waals surface area contributed by atoms with Crippen LogP contribution in [0, 0.1) is 5.92 Å². The number of ether oxygens (including phenoxy) is 2. The average molecular weight is 360 g/mol. The minimum Gasteiger partial charge on any atom is -0.490 e. The van der Waals surface area contributed by atoms with Crippen molar-refractivity contribution in [2.45, 2.75) is 31.7 Å². The van der Waals surface area contributed by atoms with Crippen LogP contribution < -0.4 is 10.1 Å². The van der Waals surface area contributed by atoms with Crippen molar-refractivity contribution in [1.82, 2.24) is 10.2 Å². The first kappa shape index (κ1) is 18.2. The summed E-state index contributed by atoms with van der Waals surface area (Å²) in [6, 6.07) is 8.46. The Balaban J connectivity index is 1.46. The van der Waals surface area contributed by atoms with Crippen molar-refractivity contribution < 1.29 is 23.9 Å². The summed E-state index contributed by atoms with van der Waals surface area (Å²) in [5, 5.41) is 2.72. The maximum atomic E-state index is 12.5. The van der Waals surface area contributed by atoms with Gasteiger partial charge in [0.15, 0.2) is 0 Å². The summed E-state index contributed by atoms with van der Waals surface area (Å²) in [6.07, 6.45) is 2.65. The molecule has 0 bridgehead atoms. The fraction of sp³-hybridized carbons (Fsp3) is 0.526. The first-order valence-corrected chi connectivity index (χ1v) is 9.07. The molecule has 2 amide bonds. The van der Waals surface area contributed by atoms with Crippen molar-refractivity contribution in [1.29, 1.82) is 0 Å². The van der Waals surface area contributed by atoms with Gasteiger partial charge in [0.05, 0.1) is 6.42 Å². The highest BCUT2D eigenvalue weighted by molar-refractivity contribution is 5.92. The molecule has 7 heteroatoms. The van der Waals surface area contributed by atoms with E-state index in [1.165, 1.54) is 0 Å². The maximum Gasteiger partial charge on any atom is 0.308 e. The van der Waals surface area contributed by atoms with E-state index >= 15 is 0 Å². The Bertz CT molecular complexity index is 645. The summed E-state index contributed by atoms with van der Waals surface area (Å²) in [5.41, 5.74) is 0. The van der Waals surface area contributed by atoms with Gasteiger partial charge in [-0.3, -0.25) is 14.4 Å². The van der Waals surface area contributed by atoms with Crippen molar-refractivity contribution in [2.75, 3.05) is 26.3 Å². The van der Waals surface area contributed by atoms with Crippen LogP contribution in [-0.2, 0) is 19.1 Å². The number of carbonyl (C=O) groups excluding carboxylic acids is 3. The molecular weight excluding hydrogens is 336 g/mol. The minimum atomic E-state index is -0.778. The fourth-order valence-electron chi connectivity index (χ4n) is 3.12. The number of nitrogens with one attached hydrogen (secondary N) is 1. The van der Waals surface area contributed by atoms with Crippen molar-refractivity contribution in [3.8, 4) is 5.75 Å². The number of hydrogen-bond donors (Lipinski definition) is 1. The van der Waals surface area contributed by atoms with Gasteiger partial charge >= 0.3 is 5.97 Å². The molecule has 3 rings (SSSR count). The third kappa shape index (κ3) is 4.53. The van der Waals surface area contributed by atoms with Gasteiger partial charge in [-0.1, -0.05) is 24.6 Å². The summed E-state index contributed by atoms with van der Waals surface area (Å²) in [4.78, 5) is 38.3. The van der Waals surface area contributed by atoms with E-state index in [0.717, 1.165) is 19.3 Å². The molecule has 1 heterocycles. The molecule has 1 N–H and O–H groups in total. The van der Waals surface area contributed by atoms with E-state index in [-0.39, 0.29) is 37.4 Å². The Hall–Kier alpha value is -2.57. The first-order valence-electron chi connectivity index (χ1n) is 9.07. The SMILES string of the molecule is O=C(CC1C(=O)NCCN1C(=O)C1CCC1)OCCOc1ccccc1. The van der Waals surface area contributed by atoms with Crippen molar-refractivity contribution in [2.24, 2.45) is 5.92 Å². The van der Waals surface area contributed by atoms with Gasteiger partial charge in [0.2, 0.25) is 11.8 Å². The van der Waals surface area contributed by atoms with Crippen LogP contribution in [0.2, 0.25) is 0 Å². The Morgan fingerprint density at radius 3 is 2.62 bits per heavy atom. The molecule has 1 aromatic carbocycles. The normalized spacial score (nSPS) is 20.1. The van der Waals surface area contributed by atoms with E-state index in [2.05, 4.69) is 5.32 Å². The zero-order valence-electron chi connectivity index (χ0n) is 14.7. The summed E-state index contributed by atoms with van der Waals surface area (Å²) in [5.74, 6) is -0.112. The molecule has 0 aromatic heterocycles. The van der Waals surface area contributed by atoms with E-state index < -0.39 is 12.0 Å². The van der Waals surface area contributed by atoms with Gasteiger partial charge in [-0.25, -0.2) is 0 Å². The van der Waals surface area contributed by atoms with E-state index in [4.69, 9.17) is 9.47 Å². The molecule has 1 aliphatic heterocycles. The summed E-state index contributed by atoms with van der Waals surface area (Å²) in [6.45, 7) is 1.19. The molecule has 7 nitrogen and oxygen atoms in total. The van der Waals surface area contributed by atoms with Crippen molar-refractivity contribution in [3.63, 3.8) is 0 Å². The first-order chi connectivity index (χ1) is 12.6. The molecule has 1 aromatic rings. The molecule has 26 heavy (non-hydrogen) atoms. The van der Waals surface area contributed by atoms with Crippen LogP contribution in [0.25, 0.3) is 0 Å². The number of amides is 2. The Kier molecular flexibility index (Phi) is 6.09. The standard InChI is InChI=1S/C19H24N2O5/c22-17(26-12-11-25-15-7-2-1-3-8-15)13-16-18(23)20-9-10-21(16)19(24)14-5-4-6-14/h1-3,7-8,14,16H,4-6,9-13H2,(H,20,23). The van der Waals surface area contributed by atoms with E-state index in [1.54, 1.807) is 4.90 Å². The lowest BCUT2D eigenvalue weighted by Crippen LogP contribution is -2.59. The van der Waals surface area contributed by atoms with Crippen molar-refractivity contribution in [3.05, 3.63) is 30.3 Å². The number of benzene rings is 1. The number of hydrogen-bond acceptors (Lipinski definition) is 5. The number of piperazine rings is 1. The third-order valence-corrected chi connectivity index (χ3v) is 4.79. The van der Waals surface area contributed by atoms with Crippen LogP contribution in [0.4, 0.5) is 0 Å². The minimum absolute atomic E-state index is 0.00121. The van der Waals surface area contributed by atoms with Crippen LogP contribution in [0.1, 0.15) is 25.7 Å². The second-order valence-corrected chi connectivity index (χ2v) is 6.55. The smallest absolute Gasteiger partial charge is 0.308 e. The Morgan fingerprint density at radius 1 is 1.15 bits per heavy atom. The monoisotopic (exact) mass is 360 g/mol. The highest BCUT2D eigenvalue weighted by atomic mass is 16.6. The van der Waals surface area contributed by atoms with Gasteiger partial charge in [0, 0.05) is 19.0 Å². The molecule has 2 aliphatic rings. The number of esters is 1. The number of para-hydroxylation sites is 1. The lowest BCUT2D eigenvalue weighted by molar-refractivity contribution is -0.154. The van der Waals surface area contributed by atoms with Gasteiger partial charge < -0.3 is 19.7 Å². The molecule has 1 aliphatic carbocycles. The molecule has 1 unspecified atom stereocenters. The summed E-state index contributed by atoms with van der Waals surface area (Å²) < 4.78 is 10.6. The summed E-state index contributed by atoms with van der Waals surface area (Å²) >= 11 is 0. The molecule has 0 spiro atoms. The van der Waals surface area contributed by atoms with Crippen LogP contribution in [0.15, 0.2) is 30.3 Å². The predicted octanol–water partition coefficient (Wildman–Crippen LogP) is 1.13. The van der Waals surface area contributed by atoms with Gasteiger partial charge in [-0.2, -0.15) is 0 Å². The van der Waals surface area contributed by atoms with E-state index in [1.807, 2.05) is 30.3 Å². The molecule has 140 valence electrons.